The van der Waals surface area contributed by atoms with Gasteiger partial charge in [0.2, 0.25) is 0 Å². The van der Waals surface area contributed by atoms with E-state index in [4.69, 9.17) is 5.73 Å². The molecule has 3 N–H and O–H groups in total. The van der Waals surface area contributed by atoms with Crippen molar-refractivity contribution in [2.24, 2.45) is 7.05 Å². The molecule has 0 fully saturated rings. The Morgan fingerprint density at radius 3 is 2.89 bits per heavy atom. The first-order chi connectivity index (χ1) is 8.60. The highest BCUT2D eigenvalue weighted by atomic mass is 16.2. The molecule has 2 aromatic rings. The lowest BCUT2D eigenvalue weighted by Gasteiger charge is -2.03. The highest BCUT2D eigenvalue weighted by Crippen LogP contribution is 2.04. The van der Waals surface area contributed by atoms with Crippen LogP contribution in [-0.4, -0.2) is 25.5 Å². The van der Waals surface area contributed by atoms with Gasteiger partial charge in [0.25, 0.3) is 5.91 Å². The SMILES string of the molecule is CCn1cc(CNC(=O)c2cc(N)nn2C)cn1. The van der Waals surface area contributed by atoms with Crippen LogP contribution in [0.1, 0.15) is 23.0 Å². The maximum absolute atomic E-state index is 11.9. The molecule has 0 unspecified atom stereocenters. The number of nitrogens with two attached hydrogens (primary N) is 1. The molecule has 0 saturated carbocycles. The van der Waals surface area contributed by atoms with E-state index < -0.39 is 0 Å². The van der Waals surface area contributed by atoms with E-state index in [1.54, 1.807) is 19.3 Å². The highest BCUT2D eigenvalue weighted by molar-refractivity contribution is 5.93. The fourth-order valence-corrected chi connectivity index (χ4v) is 1.65. The maximum atomic E-state index is 11.9. The largest absolute Gasteiger partial charge is 0.382 e. The van der Waals surface area contributed by atoms with E-state index in [1.807, 2.05) is 17.8 Å². The van der Waals surface area contributed by atoms with Crippen LogP contribution in [0, 0.1) is 0 Å². The predicted molar refractivity (Wildman–Crippen MR) is 66.7 cm³/mol. The van der Waals surface area contributed by atoms with Crippen molar-refractivity contribution in [2.75, 3.05) is 5.73 Å². The number of rotatable bonds is 4. The molecule has 0 radical (unpaired) electrons. The molecule has 0 saturated heterocycles. The molecular formula is C11H16N6O. The highest BCUT2D eigenvalue weighted by Gasteiger charge is 2.11. The maximum Gasteiger partial charge on any atom is 0.269 e. The monoisotopic (exact) mass is 248 g/mol. The van der Waals surface area contributed by atoms with Gasteiger partial charge in [0.15, 0.2) is 0 Å². The lowest BCUT2D eigenvalue weighted by Crippen LogP contribution is -2.24. The number of carbonyl (C=O) groups excluding carboxylic acids is 1. The number of aromatic nitrogens is 4. The summed E-state index contributed by atoms with van der Waals surface area (Å²) in [7, 11) is 1.68. The molecule has 2 rings (SSSR count). The minimum Gasteiger partial charge on any atom is -0.382 e. The molecule has 0 aliphatic heterocycles. The second-order valence-electron chi connectivity index (χ2n) is 3.97. The summed E-state index contributed by atoms with van der Waals surface area (Å²) >= 11 is 0. The molecule has 0 aliphatic carbocycles. The molecule has 2 heterocycles. The van der Waals surface area contributed by atoms with Gasteiger partial charge >= 0.3 is 0 Å². The van der Waals surface area contributed by atoms with Crippen LogP contribution in [0.4, 0.5) is 5.82 Å². The normalized spacial score (nSPS) is 10.6. The van der Waals surface area contributed by atoms with Crippen LogP contribution in [0.25, 0.3) is 0 Å². The molecule has 96 valence electrons. The zero-order valence-corrected chi connectivity index (χ0v) is 10.4. The minimum absolute atomic E-state index is 0.203. The summed E-state index contributed by atoms with van der Waals surface area (Å²) in [4.78, 5) is 11.9. The van der Waals surface area contributed by atoms with Gasteiger partial charge in [-0.1, -0.05) is 0 Å². The fraction of sp³-hybridized carbons (Fsp3) is 0.364. The third-order valence-corrected chi connectivity index (χ3v) is 2.60. The second kappa shape index (κ2) is 4.91. The first kappa shape index (κ1) is 12.2. The molecule has 7 heteroatoms. The van der Waals surface area contributed by atoms with Gasteiger partial charge < -0.3 is 11.1 Å². The average molecular weight is 248 g/mol. The van der Waals surface area contributed by atoms with E-state index in [0.717, 1.165) is 12.1 Å². The van der Waals surface area contributed by atoms with Gasteiger partial charge in [0, 0.05) is 38.0 Å². The Balaban J connectivity index is 1.98. The van der Waals surface area contributed by atoms with Gasteiger partial charge in [-0.3, -0.25) is 14.2 Å². The van der Waals surface area contributed by atoms with Crippen LogP contribution in [0.3, 0.4) is 0 Å². The van der Waals surface area contributed by atoms with Crippen molar-refractivity contribution >= 4 is 11.7 Å². The summed E-state index contributed by atoms with van der Waals surface area (Å²) in [5.41, 5.74) is 6.92. The molecular weight excluding hydrogens is 232 g/mol. The van der Waals surface area contributed by atoms with Gasteiger partial charge in [-0.05, 0) is 6.92 Å². The molecule has 0 aliphatic rings. The molecule has 0 spiro atoms. The zero-order valence-electron chi connectivity index (χ0n) is 10.4. The van der Waals surface area contributed by atoms with E-state index in [0.29, 0.717) is 18.1 Å². The number of anilines is 1. The first-order valence-electron chi connectivity index (χ1n) is 5.69. The van der Waals surface area contributed by atoms with Crippen LogP contribution < -0.4 is 11.1 Å². The standard InChI is InChI=1S/C11H16N6O/c1-3-17-7-8(6-14-17)5-13-11(18)9-4-10(12)15-16(9)2/h4,6-7H,3,5H2,1-2H3,(H2,12,15)(H,13,18). The number of hydrogen-bond donors (Lipinski definition) is 2. The zero-order chi connectivity index (χ0) is 13.1. The third kappa shape index (κ3) is 2.50. The van der Waals surface area contributed by atoms with Gasteiger partial charge in [0.05, 0.1) is 6.20 Å². The van der Waals surface area contributed by atoms with Crippen LogP contribution in [-0.2, 0) is 20.1 Å². The van der Waals surface area contributed by atoms with Crippen molar-refractivity contribution in [1.29, 1.82) is 0 Å². The summed E-state index contributed by atoms with van der Waals surface area (Å²) in [6.45, 7) is 3.25. The number of nitrogen functional groups attached to an aromatic ring is 1. The Morgan fingerprint density at radius 1 is 1.56 bits per heavy atom. The topological polar surface area (TPSA) is 90.8 Å². The predicted octanol–water partition coefficient (Wildman–Crippen LogP) is 0.149. The van der Waals surface area contributed by atoms with Crippen molar-refractivity contribution in [3.8, 4) is 0 Å². The first-order valence-corrected chi connectivity index (χ1v) is 5.69. The van der Waals surface area contributed by atoms with Crippen molar-refractivity contribution in [3.05, 3.63) is 29.7 Å². The van der Waals surface area contributed by atoms with Crippen molar-refractivity contribution in [1.82, 2.24) is 24.9 Å². The Morgan fingerprint density at radius 2 is 2.33 bits per heavy atom. The van der Waals surface area contributed by atoms with Crippen LogP contribution in [0.5, 0.6) is 0 Å². The van der Waals surface area contributed by atoms with Crippen molar-refractivity contribution in [2.45, 2.75) is 20.0 Å². The van der Waals surface area contributed by atoms with Crippen LogP contribution >= 0.6 is 0 Å². The van der Waals surface area contributed by atoms with Gasteiger partial charge in [-0.25, -0.2) is 0 Å². The number of carbonyl (C=O) groups is 1. The number of hydrogen-bond acceptors (Lipinski definition) is 4. The molecule has 0 bridgehead atoms. The summed E-state index contributed by atoms with van der Waals surface area (Å²) in [5.74, 6) is 0.132. The number of aryl methyl sites for hydroxylation is 2. The van der Waals surface area contributed by atoms with E-state index >= 15 is 0 Å². The van der Waals surface area contributed by atoms with Crippen molar-refractivity contribution in [3.63, 3.8) is 0 Å². The fourth-order valence-electron chi connectivity index (χ4n) is 1.65. The average Bonchev–Trinajstić information content (AvgIpc) is 2.92. The molecule has 0 aromatic carbocycles. The van der Waals surface area contributed by atoms with Gasteiger partial charge in [0.1, 0.15) is 11.5 Å². The van der Waals surface area contributed by atoms with Gasteiger partial charge in [-0.15, -0.1) is 0 Å². The summed E-state index contributed by atoms with van der Waals surface area (Å²) in [5, 5.41) is 10.9. The molecule has 0 atom stereocenters. The molecule has 7 nitrogen and oxygen atoms in total. The lowest BCUT2D eigenvalue weighted by atomic mass is 10.3. The Labute approximate surface area is 105 Å². The van der Waals surface area contributed by atoms with E-state index in [1.165, 1.54) is 4.68 Å². The molecule has 1 amide bonds. The Kier molecular flexibility index (Phi) is 3.31. The van der Waals surface area contributed by atoms with Gasteiger partial charge in [-0.2, -0.15) is 10.2 Å². The van der Waals surface area contributed by atoms with E-state index in [9.17, 15) is 4.79 Å². The van der Waals surface area contributed by atoms with Crippen molar-refractivity contribution < 1.29 is 4.79 Å². The Hall–Kier alpha value is -2.31. The van der Waals surface area contributed by atoms with E-state index in [-0.39, 0.29) is 5.91 Å². The third-order valence-electron chi connectivity index (χ3n) is 2.60. The van der Waals surface area contributed by atoms with E-state index in [2.05, 4.69) is 15.5 Å². The number of nitrogens with zero attached hydrogens (tertiary/aromatic N) is 4. The second-order valence-corrected chi connectivity index (χ2v) is 3.97. The quantitative estimate of drug-likeness (QED) is 0.805. The van der Waals surface area contributed by atoms with Crippen LogP contribution in [0.15, 0.2) is 18.5 Å². The minimum atomic E-state index is -0.203. The number of nitrogens with one attached hydrogen (secondary N) is 1. The smallest absolute Gasteiger partial charge is 0.269 e. The molecule has 18 heavy (non-hydrogen) atoms. The summed E-state index contributed by atoms with van der Waals surface area (Å²) in [6, 6.07) is 1.55. The summed E-state index contributed by atoms with van der Waals surface area (Å²) < 4.78 is 3.27. The molecule has 2 aromatic heterocycles. The Bertz CT molecular complexity index is 556. The number of amides is 1. The lowest BCUT2D eigenvalue weighted by molar-refractivity contribution is 0.0941. The summed E-state index contributed by atoms with van der Waals surface area (Å²) in [6.07, 6.45) is 3.64. The van der Waals surface area contributed by atoms with Crippen LogP contribution in [0.2, 0.25) is 0 Å².